The van der Waals surface area contributed by atoms with Crippen LogP contribution in [0.3, 0.4) is 0 Å². The summed E-state index contributed by atoms with van der Waals surface area (Å²) in [6.07, 6.45) is 2.83. The Bertz CT molecular complexity index is 940. The zero-order chi connectivity index (χ0) is 21.4. The molecule has 0 spiro atoms. The van der Waals surface area contributed by atoms with Crippen LogP contribution in [0.4, 0.5) is 0 Å². The minimum Gasteiger partial charge on any atom is -0.407 e. The van der Waals surface area contributed by atoms with Crippen LogP contribution in [-0.2, 0) is 11.5 Å². The molecule has 0 saturated carbocycles. The number of aliphatic hydroxyl groups is 1. The molecule has 1 aliphatic rings. The molecule has 30 heavy (non-hydrogen) atoms. The van der Waals surface area contributed by atoms with Gasteiger partial charge in [0.15, 0.2) is 0 Å². The van der Waals surface area contributed by atoms with Crippen molar-refractivity contribution in [1.82, 2.24) is 9.78 Å². The first kappa shape index (κ1) is 21.0. The number of aromatic nitrogens is 2. The molecule has 0 aliphatic heterocycles. The first-order valence-electron chi connectivity index (χ1n) is 10.8. The minimum absolute atomic E-state index is 0.0417. The summed E-state index contributed by atoms with van der Waals surface area (Å²) in [5, 5.41) is 16.9. The number of nitrogens with zero attached hydrogens (tertiary/aromatic N) is 2. The highest BCUT2D eigenvalue weighted by Gasteiger charge is 2.51. The summed E-state index contributed by atoms with van der Waals surface area (Å²) < 4.78 is 9.10. The van der Waals surface area contributed by atoms with E-state index in [1.165, 1.54) is 21.6 Å². The van der Waals surface area contributed by atoms with E-state index in [4.69, 9.17) is 4.43 Å². The van der Waals surface area contributed by atoms with Gasteiger partial charge in [-0.1, -0.05) is 81.4 Å². The average Bonchev–Trinajstić information content (AvgIpc) is 3.30. The van der Waals surface area contributed by atoms with Crippen molar-refractivity contribution in [3.63, 3.8) is 0 Å². The number of fused-ring (bicyclic) bond motifs is 1. The maximum absolute atomic E-state index is 9.88. The van der Waals surface area contributed by atoms with Crippen LogP contribution in [0, 0.1) is 0 Å². The van der Waals surface area contributed by atoms with Gasteiger partial charge in [0.2, 0.25) is 0 Å². The number of aliphatic hydroxyl groups excluding tert-OH is 1. The largest absolute Gasteiger partial charge is 0.407 e. The lowest BCUT2D eigenvalue weighted by Gasteiger charge is -2.43. The molecule has 0 bridgehead atoms. The molecule has 4 rings (SSSR count). The molecule has 2 aromatic carbocycles. The second-order valence-electron chi connectivity index (χ2n) is 9.40. The van der Waals surface area contributed by atoms with Crippen LogP contribution in [0.1, 0.15) is 50.3 Å². The maximum Gasteiger partial charge on any atom is 0.261 e. The molecule has 158 valence electrons. The van der Waals surface area contributed by atoms with E-state index in [1.807, 2.05) is 17.9 Å². The van der Waals surface area contributed by atoms with Gasteiger partial charge < -0.3 is 9.53 Å². The molecule has 2 atom stereocenters. The van der Waals surface area contributed by atoms with Gasteiger partial charge in [-0.25, -0.2) is 0 Å². The van der Waals surface area contributed by atoms with E-state index in [2.05, 4.69) is 86.5 Å². The van der Waals surface area contributed by atoms with Crippen LogP contribution in [-0.4, -0.2) is 36.4 Å². The number of hydrogen-bond acceptors (Lipinski definition) is 3. The van der Waals surface area contributed by atoms with Crippen molar-refractivity contribution in [2.24, 2.45) is 7.05 Å². The molecule has 1 aliphatic carbocycles. The molecule has 0 unspecified atom stereocenters. The fourth-order valence-corrected chi connectivity index (χ4v) is 9.77. The normalized spacial score (nSPS) is 19.1. The standard InChI is InChI=1S/C25H32N2O2Si/c1-25(2,3)30(21-11-7-5-8-12-21,22-13-9-6-10-14-22)29-18-20-15-19(17-28)23-16-26-27(4)24(20)23/h5-14,16,19-20,28H,15,17-18H2,1-4H3/t19-,20+/m0/s1. The van der Waals surface area contributed by atoms with Gasteiger partial charge in [0, 0.05) is 31.2 Å². The van der Waals surface area contributed by atoms with Crippen LogP contribution >= 0.6 is 0 Å². The molecule has 4 nitrogen and oxygen atoms in total. The van der Waals surface area contributed by atoms with Crippen molar-refractivity contribution in [1.29, 1.82) is 0 Å². The number of benzene rings is 2. The zero-order valence-corrected chi connectivity index (χ0v) is 19.4. The number of aryl methyl sites for hydroxylation is 1. The third kappa shape index (κ3) is 3.45. The van der Waals surface area contributed by atoms with Crippen molar-refractivity contribution in [3.05, 3.63) is 78.1 Å². The molecule has 3 aromatic rings. The highest BCUT2D eigenvalue weighted by Crippen LogP contribution is 2.43. The highest BCUT2D eigenvalue weighted by atomic mass is 28.4. The summed E-state index contributed by atoms with van der Waals surface area (Å²) in [5.74, 6) is 0.396. The summed E-state index contributed by atoms with van der Waals surface area (Å²) in [6, 6.07) is 21.5. The van der Waals surface area contributed by atoms with E-state index >= 15 is 0 Å². The molecule has 0 radical (unpaired) electrons. The second kappa shape index (κ2) is 8.14. The van der Waals surface area contributed by atoms with Gasteiger partial charge in [-0.2, -0.15) is 5.10 Å². The Hall–Kier alpha value is -2.21. The number of hydrogen-bond donors (Lipinski definition) is 1. The highest BCUT2D eigenvalue weighted by molar-refractivity contribution is 6.99. The summed E-state index contributed by atoms with van der Waals surface area (Å²) >= 11 is 0. The zero-order valence-electron chi connectivity index (χ0n) is 18.4. The molecule has 1 heterocycles. The van der Waals surface area contributed by atoms with Crippen LogP contribution in [0.15, 0.2) is 66.9 Å². The third-order valence-corrected chi connectivity index (χ3v) is 11.6. The average molecular weight is 421 g/mol. The van der Waals surface area contributed by atoms with Gasteiger partial charge in [0.1, 0.15) is 0 Å². The van der Waals surface area contributed by atoms with Gasteiger partial charge >= 0.3 is 0 Å². The van der Waals surface area contributed by atoms with Crippen molar-refractivity contribution < 1.29 is 9.53 Å². The fraction of sp³-hybridized carbons (Fsp3) is 0.400. The van der Waals surface area contributed by atoms with E-state index in [9.17, 15) is 5.11 Å². The van der Waals surface area contributed by atoms with E-state index in [0.717, 1.165) is 6.42 Å². The lowest BCUT2D eigenvalue weighted by Crippen LogP contribution is -2.66. The van der Waals surface area contributed by atoms with Crippen LogP contribution in [0.25, 0.3) is 0 Å². The molecular weight excluding hydrogens is 388 g/mol. The quantitative estimate of drug-likeness (QED) is 0.620. The molecule has 0 fully saturated rings. The summed E-state index contributed by atoms with van der Waals surface area (Å²) in [6.45, 7) is 7.71. The van der Waals surface area contributed by atoms with Crippen molar-refractivity contribution in [3.8, 4) is 0 Å². The lowest BCUT2D eigenvalue weighted by molar-refractivity contribution is 0.235. The van der Waals surface area contributed by atoms with Gasteiger partial charge in [0.25, 0.3) is 8.32 Å². The monoisotopic (exact) mass is 420 g/mol. The molecule has 0 amide bonds. The van der Waals surface area contributed by atoms with Crippen LogP contribution in [0.5, 0.6) is 0 Å². The second-order valence-corrected chi connectivity index (χ2v) is 13.7. The van der Waals surface area contributed by atoms with Crippen molar-refractivity contribution >= 4 is 18.7 Å². The van der Waals surface area contributed by atoms with E-state index in [0.29, 0.717) is 6.61 Å². The SMILES string of the molecule is Cn1ncc2c1[C@@H](CO[Si](c1ccccc1)(c1ccccc1)C(C)(C)C)C[C@H]2CO. The fourth-order valence-electron chi connectivity index (χ4n) is 5.17. The Morgan fingerprint density at radius 2 is 1.57 bits per heavy atom. The summed E-state index contributed by atoms with van der Waals surface area (Å²) in [5.41, 5.74) is 2.39. The first-order valence-corrected chi connectivity index (χ1v) is 12.7. The molecule has 1 aromatic heterocycles. The van der Waals surface area contributed by atoms with Gasteiger partial charge in [-0.3, -0.25) is 4.68 Å². The van der Waals surface area contributed by atoms with Crippen molar-refractivity contribution in [2.75, 3.05) is 13.2 Å². The Labute approximate surface area is 180 Å². The van der Waals surface area contributed by atoms with Gasteiger partial charge in [0.05, 0.1) is 12.8 Å². The van der Waals surface area contributed by atoms with E-state index in [-0.39, 0.29) is 23.5 Å². The number of rotatable bonds is 6. The smallest absolute Gasteiger partial charge is 0.261 e. The summed E-state index contributed by atoms with van der Waals surface area (Å²) in [4.78, 5) is 0. The van der Waals surface area contributed by atoms with E-state index < -0.39 is 8.32 Å². The first-order chi connectivity index (χ1) is 14.4. The van der Waals surface area contributed by atoms with Crippen LogP contribution < -0.4 is 10.4 Å². The van der Waals surface area contributed by atoms with Gasteiger partial charge in [-0.15, -0.1) is 0 Å². The third-order valence-electron chi connectivity index (χ3n) is 6.55. The molecule has 1 N–H and O–H groups in total. The van der Waals surface area contributed by atoms with E-state index in [1.54, 1.807) is 0 Å². The van der Waals surface area contributed by atoms with Gasteiger partial charge in [-0.05, 0) is 27.4 Å². The Morgan fingerprint density at radius 1 is 1.00 bits per heavy atom. The van der Waals surface area contributed by atoms with Crippen LogP contribution in [0.2, 0.25) is 5.04 Å². The topological polar surface area (TPSA) is 47.3 Å². The predicted molar refractivity (Wildman–Crippen MR) is 124 cm³/mol. The molecular formula is C25H32N2O2Si. The summed E-state index contributed by atoms with van der Waals surface area (Å²) in [7, 11) is -0.565. The Balaban J connectivity index is 1.76. The minimum atomic E-state index is -2.56. The maximum atomic E-state index is 9.88. The molecule has 0 saturated heterocycles. The Morgan fingerprint density at radius 3 is 2.07 bits per heavy atom. The lowest BCUT2D eigenvalue weighted by atomic mass is 10.0. The predicted octanol–water partition coefficient (Wildman–Crippen LogP) is 3.56. The Kier molecular flexibility index (Phi) is 5.71. The van der Waals surface area contributed by atoms with Crippen molar-refractivity contribution in [2.45, 2.75) is 44.1 Å². The molecule has 5 heteroatoms.